The third-order valence-electron chi connectivity index (χ3n) is 7.76. The third-order valence-corrected chi connectivity index (χ3v) is 7.76. The molecule has 1 aromatic carbocycles. The van der Waals surface area contributed by atoms with E-state index < -0.39 is 0 Å². The van der Waals surface area contributed by atoms with Crippen LogP contribution in [0.2, 0.25) is 0 Å². The van der Waals surface area contributed by atoms with E-state index in [4.69, 9.17) is 9.47 Å². The molecule has 0 amide bonds. The van der Waals surface area contributed by atoms with Crippen molar-refractivity contribution in [2.75, 3.05) is 59.7 Å². The smallest absolute Gasteiger partial charge is 0.191 e. The molecule has 1 aromatic rings. The Morgan fingerprint density at radius 1 is 0.969 bits per heavy atom. The minimum Gasteiger partial charge on any atom is -0.381 e. The van der Waals surface area contributed by atoms with Gasteiger partial charge in [0.15, 0.2) is 5.96 Å². The van der Waals surface area contributed by atoms with E-state index >= 15 is 0 Å². The summed E-state index contributed by atoms with van der Waals surface area (Å²) in [4.78, 5) is 7.16. The molecule has 178 valence electrons. The molecule has 0 atom stereocenters. The second-order valence-corrected chi connectivity index (χ2v) is 9.57. The quantitative estimate of drug-likeness (QED) is 0.520. The van der Waals surface area contributed by atoms with Crippen molar-refractivity contribution in [3.8, 4) is 0 Å². The molecule has 7 heteroatoms. The number of hydrogen-bond acceptors (Lipinski definition) is 4. The minimum absolute atomic E-state index is 0.148. The molecule has 2 saturated heterocycles. The van der Waals surface area contributed by atoms with Crippen LogP contribution in [0.1, 0.15) is 50.5 Å². The van der Waals surface area contributed by atoms with Crippen LogP contribution in [0, 0.1) is 5.82 Å². The lowest BCUT2D eigenvalue weighted by atomic mass is 9.74. The van der Waals surface area contributed by atoms with Crippen molar-refractivity contribution in [1.29, 1.82) is 0 Å². The largest absolute Gasteiger partial charge is 0.381 e. The second kappa shape index (κ2) is 10.9. The van der Waals surface area contributed by atoms with Crippen molar-refractivity contribution in [3.05, 3.63) is 35.6 Å². The molecular weight excluding hydrogens is 407 g/mol. The van der Waals surface area contributed by atoms with E-state index in [-0.39, 0.29) is 16.8 Å². The summed E-state index contributed by atoms with van der Waals surface area (Å²) < 4.78 is 25.2. The highest BCUT2D eigenvalue weighted by molar-refractivity contribution is 5.79. The Morgan fingerprint density at radius 2 is 1.66 bits per heavy atom. The molecule has 0 unspecified atom stereocenters. The first-order valence-corrected chi connectivity index (χ1v) is 12.3. The highest BCUT2D eigenvalue weighted by atomic mass is 19.1. The average Bonchev–Trinajstić information content (AvgIpc) is 2.86. The Kier molecular flexibility index (Phi) is 8.02. The number of rotatable bonds is 6. The Hall–Kier alpha value is -1.70. The number of guanidine groups is 1. The fourth-order valence-electron chi connectivity index (χ4n) is 5.72. The summed E-state index contributed by atoms with van der Waals surface area (Å²) in [6, 6.07) is 7.05. The minimum atomic E-state index is -0.180. The van der Waals surface area contributed by atoms with E-state index in [9.17, 15) is 4.39 Å². The highest BCUT2D eigenvalue weighted by Gasteiger charge is 2.39. The van der Waals surface area contributed by atoms with Crippen molar-refractivity contribution >= 4 is 5.96 Å². The summed E-state index contributed by atoms with van der Waals surface area (Å²) in [5.74, 6) is 0.645. The van der Waals surface area contributed by atoms with Crippen molar-refractivity contribution in [1.82, 2.24) is 15.5 Å². The standard InChI is InChI=1S/C25H39FN4O2/c1-27-23(29-20-25(8-3-2-4-9-25)30-12-16-32-17-13-30)28-19-24(10-14-31-15-11-24)21-6-5-7-22(26)18-21/h5-7,18H,2-4,8-17,19-20H2,1H3,(H2,27,28,29). The van der Waals surface area contributed by atoms with Gasteiger partial charge in [-0.1, -0.05) is 31.4 Å². The van der Waals surface area contributed by atoms with Gasteiger partial charge in [0.05, 0.1) is 13.2 Å². The van der Waals surface area contributed by atoms with Crippen LogP contribution in [0.25, 0.3) is 0 Å². The number of morpholine rings is 1. The summed E-state index contributed by atoms with van der Waals surface area (Å²) in [6.45, 7) is 6.67. The zero-order chi connectivity index (χ0) is 22.3. The van der Waals surface area contributed by atoms with E-state index in [1.54, 1.807) is 6.07 Å². The lowest BCUT2D eigenvalue weighted by molar-refractivity contribution is -0.0352. The number of nitrogens with zero attached hydrogens (tertiary/aromatic N) is 2. The molecule has 1 saturated carbocycles. The summed E-state index contributed by atoms with van der Waals surface area (Å²) in [5, 5.41) is 7.22. The van der Waals surface area contributed by atoms with Gasteiger partial charge in [-0.25, -0.2) is 4.39 Å². The number of hydrogen-bond donors (Lipinski definition) is 2. The van der Waals surface area contributed by atoms with Gasteiger partial charge in [0.25, 0.3) is 0 Å². The van der Waals surface area contributed by atoms with Crippen molar-refractivity contribution < 1.29 is 13.9 Å². The van der Waals surface area contributed by atoms with Crippen LogP contribution in [-0.4, -0.2) is 76.1 Å². The van der Waals surface area contributed by atoms with Gasteiger partial charge in [0.1, 0.15) is 5.82 Å². The fourth-order valence-corrected chi connectivity index (χ4v) is 5.72. The zero-order valence-corrected chi connectivity index (χ0v) is 19.5. The van der Waals surface area contributed by atoms with E-state index in [1.807, 2.05) is 19.2 Å². The number of halogens is 1. The summed E-state index contributed by atoms with van der Waals surface area (Å²) in [6.07, 6.45) is 8.10. The summed E-state index contributed by atoms with van der Waals surface area (Å²) in [7, 11) is 1.83. The summed E-state index contributed by atoms with van der Waals surface area (Å²) in [5.41, 5.74) is 1.07. The molecule has 0 aromatic heterocycles. The molecule has 2 aliphatic heterocycles. The predicted octanol–water partition coefficient (Wildman–Crippen LogP) is 3.07. The van der Waals surface area contributed by atoms with Crippen LogP contribution in [0.4, 0.5) is 4.39 Å². The lowest BCUT2D eigenvalue weighted by Gasteiger charge is -2.48. The van der Waals surface area contributed by atoms with Gasteiger partial charge >= 0.3 is 0 Å². The Balaban J connectivity index is 1.42. The number of ether oxygens (including phenoxy) is 2. The Bertz CT molecular complexity index is 754. The molecular formula is C25H39FN4O2. The van der Waals surface area contributed by atoms with Gasteiger partial charge in [-0.15, -0.1) is 0 Å². The Labute approximate surface area is 191 Å². The van der Waals surface area contributed by atoms with Gasteiger partial charge in [-0.3, -0.25) is 9.89 Å². The van der Waals surface area contributed by atoms with E-state index in [1.165, 1.54) is 38.2 Å². The molecule has 32 heavy (non-hydrogen) atoms. The van der Waals surface area contributed by atoms with E-state index in [0.717, 1.165) is 57.2 Å². The van der Waals surface area contributed by atoms with Gasteiger partial charge in [-0.2, -0.15) is 0 Å². The molecule has 0 radical (unpaired) electrons. The molecule has 6 nitrogen and oxygen atoms in total. The molecule has 2 N–H and O–H groups in total. The fraction of sp³-hybridized carbons (Fsp3) is 0.720. The maximum atomic E-state index is 14.0. The average molecular weight is 447 g/mol. The third kappa shape index (κ3) is 5.43. The molecule has 0 spiro atoms. The second-order valence-electron chi connectivity index (χ2n) is 9.57. The van der Waals surface area contributed by atoms with Gasteiger partial charge < -0.3 is 20.1 Å². The van der Waals surface area contributed by atoms with Crippen LogP contribution in [0.15, 0.2) is 29.3 Å². The molecule has 4 rings (SSSR count). The maximum absolute atomic E-state index is 14.0. The monoisotopic (exact) mass is 446 g/mol. The number of nitrogens with one attached hydrogen (secondary N) is 2. The van der Waals surface area contributed by atoms with Crippen LogP contribution < -0.4 is 10.6 Å². The molecule has 3 aliphatic rings. The first kappa shape index (κ1) is 23.5. The lowest BCUT2D eigenvalue weighted by Crippen LogP contribution is -2.61. The van der Waals surface area contributed by atoms with Crippen molar-refractivity contribution in [2.24, 2.45) is 4.99 Å². The molecule has 0 bridgehead atoms. The van der Waals surface area contributed by atoms with Gasteiger partial charge in [0.2, 0.25) is 0 Å². The topological polar surface area (TPSA) is 58.1 Å². The van der Waals surface area contributed by atoms with Crippen molar-refractivity contribution in [2.45, 2.75) is 55.9 Å². The zero-order valence-electron chi connectivity index (χ0n) is 19.5. The molecule has 3 fully saturated rings. The van der Waals surface area contributed by atoms with Gasteiger partial charge in [-0.05, 0) is 43.4 Å². The maximum Gasteiger partial charge on any atom is 0.191 e. The highest BCUT2D eigenvalue weighted by Crippen LogP contribution is 2.35. The van der Waals surface area contributed by atoms with Crippen LogP contribution in [0.3, 0.4) is 0 Å². The molecule has 1 aliphatic carbocycles. The van der Waals surface area contributed by atoms with E-state index in [2.05, 4.69) is 20.5 Å². The summed E-state index contributed by atoms with van der Waals surface area (Å²) >= 11 is 0. The van der Waals surface area contributed by atoms with E-state index in [0.29, 0.717) is 19.8 Å². The van der Waals surface area contributed by atoms with Gasteiger partial charge in [0, 0.05) is 57.4 Å². The first-order valence-electron chi connectivity index (χ1n) is 12.3. The normalized spacial score (nSPS) is 24.1. The molecule has 2 heterocycles. The Morgan fingerprint density at radius 3 is 2.34 bits per heavy atom. The number of benzene rings is 1. The van der Waals surface area contributed by atoms with Crippen molar-refractivity contribution in [3.63, 3.8) is 0 Å². The van der Waals surface area contributed by atoms with Crippen LogP contribution in [-0.2, 0) is 14.9 Å². The predicted molar refractivity (Wildman–Crippen MR) is 126 cm³/mol. The SMILES string of the molecule is CN=C(NCC1(c2cccc(F)c2)CCOCC1)NCC1(N2CCOCC2)CCCCC1. The van der Waals surface area contributed by atoms with Crippen LogP contribution in [0.5, 0.6) is 0 Å². The first-order chi connectivity index (χ1) is 15.7. The van der Waals surface area contributed by atoms with Crippen LogP contribution >= 0.6 is 0 Å². The number of aliphatic imine (C=N–C) groups is 1.